The first kappa shape index (κ1) is 12.5. The molecule has 4 heteroatoms. The minimum atomic E-state index is -3.32. The lowest BCUT2D eigenvalue weighted by Gasteiger charge is -1.92. The van der Waals surface area contributed by atoms with Crippen LogP contribution in [0.5, 0.6) is 0 Å². The monoisotopic (exact) mass is 204 g/mol. The van der Waals surface area contributed by atoms with Crippen molar-refractivity contribution in [2.75, 3.05) is 12.9 Å². The molecule has 0 aromatic heterocycles. The molecule has 0 atom stereocenters. The number of unbranched alkanes of at least 4 members (excludes halogenated alkanes) is 3. The molecule has 0 saturated carbocycles. The molecule has 0 amide bonds. The maximum atomic E-state index is 10.5. The van der Waals surface area contributed by atoms with Crippen molar-refractivity contribution in [2.45, 2.75) is 32.6 Å². The van der Waals surface area contributed by atoms with Crippen LogP contribution in [0.4, 0.5) is 0 Å². The largest absolute Gasteiger partial charge is 0.265 e. The van der Waals surface area contributed by atoms with E-state index in [1.807, 2.05) is 0 Å². The molecule has 0 saturated heterocycles. The number of hydrogen-bond donors (Lipinski definition) is 0. The average Bonchev–Trinajstić information content (AvgIpc) is 2.01. The van der Waals surface area contributed by atoms with Crippen LogP contribution in [-0.2, 0) is 14.3 Å². The predicted octanol–water partition coefficient (Wildman–Crippen LogP) is 1.55. The van der Waals surface area contributed by atoms with Crippen LogP contribution in [0.2, 0.25) is 0 Å². The molecule has 0 N–H and O–H groups in total. The Hall–Kier alpha value is -0.530. The van der Waals surface area contributed by atoms with Crippen molar-refractivity contribution in [1.29, 1.82) is 0 Å². The second kappa shape index (κ2) is 6.93. The molecule has 76 valence electrons. The van der Waals surface area contributed by atoms with E-state index in [9.17, 15) is 8.42 Å². The molecule has 0 spiro atoms. The summed E-state index contributed by atoms with van der Waals surface area (Å²) in [6, 6.07) is 0. The van der Waals surface area contributed by atoms with Gasteiger partial charge in [0.25, 0.3) is 10.1 Å². The lowest BCUT2D eigenvalue weighted by molar-refractivity contribution is 0.367. The van der Waals surface area contributed by atoms with Crippen LogP contribution in [0.1, 0.15) is 32.6 Å². The van der Waals surface area contributed by atoms with Gasteiger partial charge in [0.2, 0.25) is 0 Å². The summed E-state index contributed by atoms with van der Waals surface area (Å²) in [7, 11) is -3.32. The third-order valence-electron chi connectivity index (χ3n) is 1.38. The highest BCUT2D eigenvalue weighted by atomic mass is 32.2. The van der Waals surface area contributed by atoms with Crippen molar-refractivity contribution in [3.8, 4) is 11.8 Å². The summed E-state index contributed by atoms with van der Waals surface area (Å²) < 4.78 is 25.4. The molecule has 0 aliphatic carbocycles. The highest BCUT2D eigenvalue weighted by Crippen LogP contribution is 1.96. The molecular weight excluding hydrogens is 188 g/mol. The minimum Gasteiger partial charge on any atom is -0.257 e. The summed E-state index contributed by atoms with van der Waals surface area (Å²) in [4.78, 5) is 0. The summed E-state index contributed by atoms with van der Waals surface area (Å²) >= 11 is 0. The molecule has 0 aliphatic rings. The average molecular weight is 204 g/mol. The fourth-order valence-electron chi connectivity index (χ4n) is 0.739. The van der Waals surface area contributed by atoms with Gasteiger partial charge in [0.15, 0.2) is 0 Å². The minimum absolute atomic E-state index is 0.0229. The number of rotatable bonds is 5. The van der Waals surface area contributed by atoms with Crippen LogP contribution in [-0.4, -0.2) is 21.3 Å². The van der Waals surface area contributed by atoms with Crippen LogP contribution in [0.25, 0.3) is 0 Å². The molecule has 0 unspecified atom stereocenters. The van der Waals surface area contributed by atoms with Crippen LogP contribution < -0.4 is 0 Å². The lowest BCUT2D eigenvalue weighted by Crippen LogP contribution is -2.02. The van der Waals surface area contributed by atoms with E-state index in [4.69, 9.17) is 0 Å². The van der Waals surface area contributed by atoms with Crippen LogP contribution in [0.15, 0.2) is 0 Å². The molecule has 0 aromatic carbocycles. The number of hydrogen-bond acceptors (Lipinski definition) is 3. The van der Waals surface area contributed by atoms with E-state index in [1.165, 1.54) is 12.8 Å². The molecule has 0 rings (SSSR count). The van der Waals surface area contributed by atoms with Gasteiger partial charge in [-0.05, 0) is 6.42 Å². The zero-order chi connectivity index (χ0) is 10.2. The van der Waals surface area contributed by atoms with Crippen molar-refractivity contribution >= 4 is 10.1 Å². The maximum absolute atomic E-state index is 10.5. The first-order valence-electron chi connectivity index (χ1n) is 4.36. The van der Waals surface area contributed by atoms with Crippen molar-refractivity contribution in [2.24, 2.45) is 0 Å². The van der Waals surface area contributed by atoms with E-state index in [0.717, 1.165) is 19.1 Å². The Balaban J connectivity index is 3.41. The van der Waals surface area contributed by atoms with Crippen molar-refractivity contribution in [1.82, 2.24) is 0 Å². The Bertz CT molecular complexity index is 269. The molecule has 0 fully saturated rings. The van der Waals surface area contributed by atoms with Gasteiger partial charge in [0.1, 0.15) is 6.61 Å². The first-order chi connectivity index (χ1) is 6.06. The summed E-state index contributed by atoms with van der Waals surface area (Å²) in [5.41, 5.74) is 0. The Morgan fingerprint density at radius 3 is 2.46 bits per heavy atom. The van der Waals surface area contributed by atoms with Crippen molar-refractivity contribution in [3.63, 3.8) is 0 Å². The second-order valence-electron chi connectivity index (χ2n) is 2.78. The summed E-state index contributed by atoms with van der Waals surface area (Å²) in [5, 5.41) is 0. The van der Waals surface area contributed by atoms with E-state index < -0.39 is 10.1 Å². The molecule has 0 bridgehead atoms. The Kier molecular flexibility index (Phi) is 6.65. The zero-order valence-corrected chi connectivity index (χ0v) is 8.99. The first-order valence-corrected chi connectivity index (χ1v) is 6.18. The molecular formula is C9H16O3S. The normalized spacial score (nSPS) is 10.6. The van der Waals surface area contributed by atoms with Crippen LogP contribution >= 0.6 is 0 Å². The van der Waals surface area contributed by atoms with Gasteiger partial charge in [-0.25, -0.2) is 0 Å². The smallest absolute Gasteiger partial charge is 0.257 e. The van der Waals surface area contributed by atoms with Gasteiger partial charge in [-0.1, -0.05) is 25.7 Å². The second-order valence-corrected chi connectivity index (χ2v) is 4.42. The molecule has 3 nitrogen and oxygen atoms in total. The van der Waals surface area contributed by atoms with E-state index in [0.29, 0.717) is 0 Å². The van der Waals surface area contributed by atoms with Gasteiger partial charge >= 0.3 is 0 Å². The molecule has 0 radical (unpaired) electrons. The maximum Gasteiger partial charge on any atom is 0.265 e. The van der Waals surface area contributed by atoms with E-state index >= 15 is 0 Å². The van der Waals surface area contributed by atoms with E-state index in [2.05, 4.69) is 22.9 Å². The van der Waals surface area contributed by atoms with Gasteiger partial charge in [-0.3, -0.25) is 4.18 Å². The summed E-state index contributed by atoms with van der Waals surface area (Å²) in [6.45, 7) is 2.10. The highest BCUT2D eigenvalue weighted by Gasteiger charge is 1.96. The van der Waals surface area contributed by atoms with Crippen molar-refractivity contribution in [3.05, 3.63) is 0 Å². The van der Waals surface area contributed by atoms with Gasteiger partial charge in [-0.2, -0.15) is 8.42 Å². The lowest BCUT2D eigenvalue weighted by atomic mass is 10.2. The summed E-state index contributed by atoms with van der Waals surface area (Å²) in [5.74, 6) is 5.50. The van der Waals surface area contributed by atoms with E-state index in [-0.39, 0.29) is 6.61 Å². The molecule has 0 heterocycles. The van der Waals surface area contributed by atoms with Crippen LogP contribution in [0.3, 0.4) is 0 Å². The predicted molar refractivity (Wildman–Crippen MR) is 52.7 cm³/mol. The standard InChI is InChI=1S/C9H16O3S/c1-3-4-5-6-7-8-9-12-13(2,10)11/h3-6,9H2,1-2H3. The fourth-order valence-corrected chi connectivity index (χ4v) is 1.01. The summed E-state index contributed by atoms with van der Waals surface area (Å²) in [6.07, 6.45) is 5.25. The Labute approximate surface area is 80.6 Å². The van der Waals surface area contributed by atoms with Crippen molar-refractivity contribution < 1.29 is 12.6 Å². The Morgan fingerprint density at radius 1 is 1.23 bits per heavy atom. The SMILES string of the molecule is CCCCCC#CCOS(C)(=O)=O. The highest BCUT2D eigenvalue weighted by molar-refractivity contribution is 7.85. The zero-order valence-electron chi connectivity index (χ0n) is 8.17. The van der Waals surface area contributed by atoms with Crippen LogP contribution in [0, 0.1) is 11.8 Å². The van der Waals surface area contributed by atoms with Gasteiger partial charge in [0.05, 0.1) is 6.26 Å². The van der Waals surface area contributed by atoms with E-state index in [1.54, 1.807) is 0 Å². The van der Waals surface area contributed by atoms with Gasteiger partial charge in [-0.15, -0.1) is 5.92 Å². The Morgan fingerprint density at radius 2 is 1.92 bits per heavy atom. The van der Waals surface area contributed by atoms with Gasteiger partial charge < -0.3 is 0 Å². The third kappa shape index (κ3) is 11.5. The molecule has 0 aliphatic heterocycles. The fraction of sp³-hybridized carbons (Fsp3) is 0.778. The quantitative estimate of drug-likeness (QED) is 0.387. The molecule has 0 aromatic rings. The van der Waals surface area contributed by atoms with Gasteiger partial charge in [0, 0.05) is 6.42 Å². The molecule has 13 heavy (non-hydrogen) atoms. The topological polar surface area (TPSA) is 43.4 Å². The third-order valence-corrected chi connectivity index (χ3v) is 1.92.